The number of nitrogens with one attached hydrogen (secondary N) is 1. The van der Waals surface area contributed by atoms with Gasteiger partial charge in [0, 0.05) is 0 Å². The summed E-state index contributed by atoms with van der Waals surface area (Å²) in [5, 5.41) is 3.16. The van der Waals surface area contributed by atoms with E-state index < -0.39 is 0 Å². The van der Waals surface area contributed by atoms with E-state index in [9.17, 15) is 9.59 Å². The van der Waals surface area contributed by atoms with E-state index in [4.69, 9.17) is 0 Å². The van der Waals surface area contributed by atoms with Gasteiger partial charge >= 0.3 is 140 Å². The molecule has 3 nitrogen and oxygen atoms in total. The van der Waals surface area contributed by atoms with Crippen molar-refractivity contribution >= 4 is 26.6 Å². The predicted molar refractivity (Wildman–Crippen MR) is 88.9 cm³/mol. The van der Waals surface area contributed by atoms with Crippen LogP contribution in [0.3, 0.4) is 0 Å². The van der Waals surface area contributed by atoms with Crippen LogP contribution in [0.25, 0.3) is 0 Å². The zero-order valence-corrected chi connectivity index (χ0v) is 16.0. The quantitative estimate of drug-likeness (QED) is 0.775. The van der Waals surface area contributed by atoms with E-state index in [0.29, 0.717) is 42.3 Å². The molecule has 2 bridgehead atoms. The van der Waals surface area contributed by atoms with Crippen molar-refractivity contribution < 1.29 is 9.59 Å². The Morgan fingerprint density at radius 1 is 1.18 bits per heavy atom. The number of carbonyl (C=O) groups is 2. The van der Waals surface area contributed by atoms with Crippen LogP contribution in [0.4, 0.5) is 0 Å². The number of ketones is 1. The third-order valence-electron chi connectivity index (χ3n) is 6.88. The van der Waals surface area contributed by atoms with Crippen LogP contribution in [0.2, 0.25) is 9.63 Å². The summed E-state index contributed by atoms with van der Waals surface area (Å²) in [6, 6.07) is 0.314. The van der Waals surface area contributed by atoms with Gasteiger partial charge in [-0.3, -0.25) is 0 Å². The molecule has 0 heterocycles. The summed E-state index contributed by atoms with van der Waals surface area (Å²) in [5.74, 6) is 1.20. The van der Waals surface area contributed by atoms with E-state index in [2.05, 4.69) is 26.1 Å². The fourth-order valence-electron chi connectivity index (χ4n) is 5.03. The number of carbonyl (C=O) groups excluding carboxylic acids is 2. The molecule has 0 aromatic heterocycles. The molecule has 0 spiro atoms. The first-order valence-corrected chi connectivity index (χ1v) is 10.7. The second-order valence-electron chi connectivity index (χ2n) is 8.25. The Labute approximate surface area is 140 Å². The predicted octanol–water partition coefficient (Wildman–Crippen LogP) is 3.37. The number of amides is 1. The molecule has 4 heteroatoms. The standard InChI is InChI=1S/C18H29NO2Se/c1-11(20)19-13-7-5-6-8-14(13)22-15-12-9-10-18(4,16(15)21)17(12,2)3/h12-15H,5-10H2,1-4H3,(H,19,20)/t12?,13-,14+,15?,18?/m0/s1. The molecule has 0 saturated heterocycles. The first kappa shape index (κ1) is 16.5. The first-order valence-electron chi connectivity index (χ1n) is 8.74. The van der Waals surface area contributed by atoms with E-state index in [1.54, 1.807) is 6.92 Å². The fourth-order valence-corrected chi connectivity index (χ4v) is 9.49. The van der Waals surface area contributed by atoms with Gasteiger partial charge in [0.15, 0.2) is 0 Å². The molecule has 124 valence electrons. The van der Waals surface area contributed by atoms with E-state index in [-0.39, 0.29) is 16.7 Å². The number of Topliss-reactive ketones (excluding diaryl/α,β-unsaturated/α-hetero) is 1. The van der Waals surface area contributed by atoms with Crippen LogP contribution in [0.5, 0.6) is 0 Å². The van der Waals surface area contributed by atoms with Crippen molar-refractivity contribution in [2.24, 2.45) is 16.7 Å². The molecular weight excluding hydrogens is 341 g/mol. The normalized spacial score (nSPS) is 43.4. The van der Waals surface area contributed by atoms with Gasteiger partial charge < -0.3 is 0 Å². The van der Waals surface area contributed by atoms with Crippen molar-refractivity contribution in [3.8, 4) is 0 Å². The third-order valence-corrected chi connectivity index (χ3v) is 10.6. The van der Waals surface area contributed by atoms with Crippen molar-refractivity contribution in [1.82, 2.24) is 5.32 Å². The SMILES string of the molecule is CC(=O)N[C@H]1CCCC[C@H]1[Se]C1C(=O)C2(C)CCC1C2(C)C. The second-order valence-corrected chi connectivity index (χ2v) is 11.2. The second kappa shape index (κ2) is 5.63. The summed E-state index contributed by atoms with van der Waals surface area (Å²) in [7, 11) is 0. The van der Waals surface area contributed by atoms with Crippen molar-refractivity contribution in [1.29, 1.82) is 0 Å². The Balaban J connectivity index is 1.75. The number of rotatable bonds is 3. The molecule has 0 radical (unpaired) electrons. The van der Waals surface area contributed by atoms with Gasteiger partial charge in [0.1, 0.15) is 0 Å². The van der Waals surface area contributed by atoms with Gasteiger partial charge in [-0.1, -0.05) is 0 Å². The molecule has 0 aliphatic heterocycles. The number of hydrogen-bond acceptors (Lipinski definition) is 2. The summed E-state index contributed by atoms with van der Waals surface area (Å²) in [4.78, 5) is 25.4. The molecule has 3 aliphatic carbocycles. The van der Waals surface area contributed by atoms with Gasteiger partial charge in [-0.25, -0.2) is 0 Å². The summed E-state index contributed by atoms with van der Waals surface area (Å²) < 4.78 is 0. The van der Waals surface area contributed by atoms with Gasteiger partial charge in [-0.15, -0.1) is 0 Å². The van der Waals surface area contributed by atoms with Crippen molar-refractivity contribution in [2.75, 3.05) is 0 Å². The molecule has 0 aromatic carbocycles. The summed E-state index contributed by atoms with van der Waals surface area (Å²) in [5.41, 5.74) is 0.0664. The van der Waals surface area contributed by atoms with Crippen LogP contribution in [-0.4, -0.2) is 32.7 Å². The number of fused-ring (bicyclic) bond motifs is 2. The Hall–Kier alpha value is -0.341. The Morgan fingerprint density at radius 2 is 1.86 bits per heavy atom. The molecular formula is C18H29NO2Se. The molecule has 1 amide bonds. The molecule has 3 aliphatic rings. The molecule has 3 saturated carbocycles. The van der Waals surface area contributed by atoms with Crippen molar-refractivity contribution in [2.45, 2.75) is 81.9 Å². The van der Waals surface area contributed by atoms with Crippen LogP contribution in [0.1, 0.15) is 66.2 Å². The van der Waals surface area contributed by atoms with Crippen molar-refractivity contribution in [3.63, 3.8) is 0 Å². The molecule has 3 fully saturated rings. The zero-order valence-electron chi connectivity index (χ0n) is 14.3. The van der Waals surface area contributed by atoms with Gasteiger partial charge in [0.05, 0.1) is 0 Å². The topological polar surface area (TPSA) is 46.2 Å². The summed E-state index contributed by atoms with van der Waals surface area (Å²) in [6.45, 7) is 8.44. The minimum atomic E-state index is -0.0950. The van der Waals surface area contributed by atoms with E-state index in [1.807, 2.05) is 0 Å². The number of hydrogen-bond donors (Lipinski definition) is 1. The van der Waals surface area contributed by atoms with Gasteiger partial charge in [0.2, 0.25) is 0 Å². The van der Waals surface area contributed by atoms with Crippen LogP contribution in [0, 0.1) is 16.7 Å². The molecule has 3 unspecified atom stereocenters. The average Bonchev–Trinajstić information content (AvgIpc) is 2.74. The fraction of sp³-hybridized carbons (Fsp3) is 0.889. The average molecular weight is 370 g/mol. The van der Waals surface area contributed by atoms with Crippen LogP contribution in [-0.2, 0) is 9.59 Å². The minimum absolute atomic E-state index is 0.0826. The van der Waals surface area contributed by atoms with E-state index in [0.717, 1.165) is 12.8 Å². The Morgan fingerprint density at radius 3 is 2.45 bits per heavy atom. The molecule has 5 atom stereocenters. The molecule has 0 aromatic rings. The zero-order chi connectivity index (χ0) is 16.1. The Kier molecular flexibility index (Phi) is 4.23. The summed E-state index contributed by atoms with van der Waals surface area (Å²) in [6.07, 6.45) is 7.06. The van der Waals surface area contributed by atoms with E-state index >= 15 is 0 Å². The Bertz CT molecular complexity index is 489. The molecule has 22 heavy (non-hydrogen) atoms. The van der Waals surface area contributed by atoms with E-state index in [1.165, 1.54) is 25.7 Å². The monoisotopic (exact) mass is 371 g/mol. The van der Waals surface area contributed by atoms with Gasteiger partial charge in [-0.2, -0.15) is 0 Å². The van der Waals surface area contributed by atoms with Crippen LogP contribution >= 0.6 is 0 Å². The maximum atomic E-state index is 13.0. The van der Waals surface area contributed by atoms with Gasteiger partial charge in [0.25, 0.3) is 0 Å². The van der Waals surface area contributed by atoms with Crippen LogP contribution < -0.4 is 5.32 Å². The summed E-state index contributed by atoms with van der Waals surface area (Å²) >= 11 is 0.324. The third kappa shape index (κ3) is 2.38. The van der Waals surface area contributed by atoms with Crippen LogP contribution in [0.15, 0.2) is 0 Å². The molecule has 1 N–H and O–H groups in total. The first-order chi connectivity index (χ1) is 10.3. The maximum absolute atomic E-state index is 13.0. The van der Waals surface area contributed by atoms with Crippen molar-refractivity contribution in [3.05, 3.63) is 0 Å². The van der Waals surface area contributed by atoms with Gasteiger partial charge in [-0.05, 0) is 0 Å². The molecule has 3 rings (SSSR count).